The second-order valence-corrected chi connectivity index (χ2v) is 8.55. The predicted octanol–water partition coefficient (Wildman–Crippen LogP) is 3.72. The number of rotatable bonds is 6. The molecule has 4 rings (SSSR count). The van der Waals surface area contributed by atoms with E-state index in [1.54, 1.807) is 11.3 Å². The third-order valence-electron chi connectivity index (χ3n) is 5.66. The Bertz CT molecular complexity index is 928. The molecule has 1 fully saturated rings. The standard InChI is InChI=1S/C21H27N5OS/c1-3-26-18-7-6-16(13-17(18)23-24-26)21(27)22-14-19(20-5-4-12-28-20)25-10-8-15(2)9-11-25/h4-7,12-13,15,19H,3,8-11,14H2,1-2H3,(H,22,27). The number of piperidine rings is 1. The molecule has 148 valence electrons. The van der Waals surface area contributed by atoms with Crippen LogP contribution in [0.1, 0.15) is 48.0 Å². The van der Waals surface area contributed by atoms with E-state index in [1.165, 1.54) is 17.7 Å². The highest BCUT2D eigenvalue weighted by Gasteiger charge is 2.26. The van der Waals surface area contributed by atoms with E-state index in [1.807, 2.05) is 29.8 Å². The topological polar surface area (TPSA) is 63.1 Å². The molecular formula is C21H27N5OS. The second kappa shape index (κ2) is 8.41. The number of aryl methyl sites for hydroxylation is 1. The maximum absolute atomic E-state index is 12.8. The molecule has 1 aliphatic rings. The van der Waals surface area contributed by atoms with Gasteiger partial charge < -0.3 is 5.32 Å². The van der Waals surface area contributed by atoms with E-state index < -0.39 is 0 Å². The van der Waals surface area contributed by atoms with Gasteiger partial charge in [0.25, 0.3) is 5.91 Å². The molecule has 3 aromatic rings. The van der Waals surface area contributed by atoms with Crippen LogP contribution in [0.15, 0.2) is 35.7 Å². The van der Waals surface area contributed by atoms with Gasteiger partial charge in [0.15, 0.2) is 0 Å². The summed E-state index contributed by atoms with van der Waals surface area (Å²) in [4.78, 5) is 16.6. The quantitative estimate of drug-likeness (QED) is 0.689. The molecule has 1 atom stereocenters. The van der Waals surface area contributed by atoms with Gasteiger partial charge in [-0.25, -0.2) is 4.68 Å². The Morgan fingerprint density at radius 1 is 1.32 bits per heavy atom. The third-order valence-corrected chi connectivity index (χ3v) is 6.64. The van der Waals surface area contributed by atoms with Crippen LogP contribution in [0.2, 0.25) is 0 Å². The van der Waals surface area contributed by atoms with E-state index in [2.05, 4.69) is 45.0 Å². The number of nitrogens with zero attached hydrogens (tertiary/aromatic N) is 4. The lowest BCUT2D eigenvalue weighted by Crippen LogP contribution is -2.41. The van der Waals surface area contributed by atoms with Gasteiger partial charge in [-0.2, -0.15) is 0 Å². The molecule has 6 nitrogen and oxygen atoms in total. The average Bonchev–Trinajstić information content (AvgIpc) is 3.38. The van der Waals surface area contributed by atoms with Gasteiger partial charge in [0.1, 0.15) is 5.52 Å². The van der Waals surface area contributed by atoms with Gasteiger partial charge in [0.2, 0.25) is 0 Å². The number of amides is 1. The Hall–Kier alpha value is -2.25. The van der Waals surface area contributed by atoms with Crippen LogP contribution in [0.25, 0.3) is 11.0 Å². The van der Waals surface area contributed by atoms with Gasteiger partial charge in [-0.05, 0) is 68.4 Å². The van der Waals surface area contributed by atoms with Crippen LogP contribution in [0, 0.1) is 5.92 Å². The summed E-state index contributed by atoms with van der Waals surface area (Å²) < 4.78 is 1.83. The maximum Gasteiger partial charge on any atom is 0.251 e. The molecule has 0 saturated carbocycles. The lowest BCUT2D eigenvalue weighted by molar-refractivity contribution is 0.0915. The molecule has 2 aromatic heterocycles. The van der Waals surface area contributed by atoms with Crippen LogP contribution in [-0.4, -0.2) is 45.4 Å². The molecule has 3 heterocycles. The first-order valence-electron chi connectivity index (χ1n) is 10.0. The third kappa shape index (κ3) is 3.95. The first-order valence-corrected chi connectivity index (χ1v) is 10.9. The minimum absolute atomic E-state index is 0.0557. The molecule has 0 radical (unpaired) electrons. The van der Waals surface area contributed by atoms with Crippen LogP contribution in [0.5, 0.6) is 0 Å². The van der Waals surface area contributed by atoms with E-state index >= 15 is 0 Å². The SMILES string of the molecule is CCn1nnc2cc(C(=O)NCC(c3cccs3)N3CCC(C)CC3)ccc21. The first kappa shape index (κ1) is 19.1. The highest BCUT2D eigenvalue weighted by Crippen LogP contribution is 2.29. The predicted molar refractivity (Wildman–Crippen MR) is 113 cm³/mol. The summed E-state index contributed by atoms with van der Waals surface area (Å²) in [6, 6.07) is 10.1. The number of nitrogens with one attached hydrogen (secondary N) is 1. The van der Waals surface area contributed by atoms with Crippen LogP contribution in [-0.2, 0) is 6.54 Å². The number of hydrogen-bond acceptors (Lipinski definition) is 5. The number of fused-ring (bicyclic) bond motifs is 1. The first-order chi connectivity index (χ1) is 13.7. The summed E-state index contributed by atoms with van der Waals surface area (Å²) in [6.45, 7) is 7.91. The van der Waals surface area contributed by atoms with Gasteiger partial charge >= 0.3 is 0 Å². The maximum atomic E-state index is 12.8. The summed E-state index contributed by atoms with van der Waals surface area (Å²) >= 11 is 1.77. The minimum atomic E-state index is -0.0557. The van der Waals surface area contributed by atoms with Crippen molar-refractivity contribution in [1.82, 2.24) is 25.2 Å². The molecule has 1 aliphatic heterocycles. The number of thiophene rings is 1. The molecule has 0 spiro atoms. The van der Waals surface area contributed by atoms with E-state index in [9.17, 15) is 4.79 Å². The van der Waals surface area contributed by atoms with Crippen molar-refractivity contribution < 1.29 is 4.79 Å². The number of carbonyl (C=O) groups is 1. The van der Waals surface area contributed by atoms with Crippen molar-refractivity contribution in [3.8, 4) is 0 Å². The average molecular weight is 398 g/mol. The van der Waals surface area contributed by atoms with Gasteiger partial charge in [0, 0.05) is 23.5 Å². The Morgan fingerprint density at radius 2 is 2.14 bits per heavy atom. The summed E-state index contributed by atoms with van der Waals surface area (Å²) in [5.74, 6) is 0.734. The highest BCUT2D eigenvalue weighted by atomic mass is 32.1. The fraction of sp³-hybridized carbons (Fsp3) is 0.476. The minimum Gasteiger partial charge on any atom is -0.350 e. The van der Waals surface area contributed by atoms with Crippen molar-refractivity contribution in [3.05, 3.63) is 46.2 Å². The van der Waals surface area contributed by atoms with Gasteiger partial charge in [-0.3, -0.25) is 9.69 Å². The molecule has 1 unspecified atom stereocenters. The van der Waals surface area contributed by atoms with Crippen molar-refractivity contribution in [2.75, 3.05) is 19.6 Å². The lowest BCUT2D eigenvalue weighted by Gasteiger charge is -2.36. The van der Waals surface area contributed by atoms with E-state index in [0.29, 0.717) is 12.1 Å². The second-order valence-electron chi connectivity index (χ2n) is 7.57. The van der Waals surface area contributed by atoms with Crippen LogP contribution in [0.3, 0.4) is 0 Å². The Morgan fingerprint density at radius 3 is 2.86 bits per heavy atom. The van der Waals surface area contributed by atoms with Crippen molar-refractivity contribution in [1.29, 1.82) is 0 Å². The smallest absolute Gasteiger partial charge is 0.251 e. The number of carbonyl (C=O) groups excluding carboxylic acids is 1. The van der Waals surface area contributed by atoms with Gasteiger partial charge in [-0.15, -0.1) is 16.4 Å². The molecule has 1 amide bonds. The number of benzene rings is 1. The molecule has 0 aliphatic carbocycles. The highest BCUT2D eigenvalue weighted by molar-refractivity contribution is 7.10. The molecular weight excluding hydrogens is 370 g/mol. The summed E-state index contributed by atoms with van der Waals surface area (Å²) in [6.07, 6.45) is 2.44. The van der Waals surface area contributed by atoms with Crippen molar-refractivity contribution in [2.24, 2.45) is 5.92 Å². The van der Waals surface area contributed by atoms with Crippen LogP contribution in [0.4, 0.5) is 0 Å². The number of likely N-dealkylation sites (tertiary alicyclic amines) is 1. The molecule has 28 heavy (non-hydrogen) atoms. The normalized spacial score (nSPS) is 17.1. The van der Waals surface area contributed by atoms with Crippen LogP contribution < -0.4 is 5.32 Å². The Kier molecular flexibility index (Phi) is 5.73. The molecule has 1 saturated heterocycles. The van der Waals surface area contributed by atoms with E-state index in [4.69, 9.17) is 0 Å². The zero-order valence-corrected chi connectivity index (χ0v) is 17.3. The van der Waals surface area contributed by atoms with E-state index in [-0.39, 0.29) is 11.9 Å². The van der Waals surface area contributed by atoms with Crippen molar-refractivity contribution in [2.45, 2.75) is 39.3 Å². The molecule has 1 aromatic carbocycles. The number of hydrogen-bond donors (Lipinski definition) is 1. The molecule has 1 N–H and O–H groups in total. The van der Waals surface area contributed by atoms with Crippen molar-refractivity contribution >= 4 is 28.3 Å². The van der Waals surface area contributed by atoms with Gasteiger partial charge in [0.05, 0.1) is 11.6 Å². The van der Waals surface area contributed by atoms with Crippen molar-refractivity contribution in [3.63, 3.8) is 0 Å². The lowest BCUT2D eigenvalue weighted by atomic mass is 9.97. The largest absolute Gasteiger partial charge is 0.350 e. The van der Waals surface area contributed by atoms with Gasteiger partial charge in [-0.1, -0.05) is 18.2 Å². The summed E-state index contributed by atoms with van der Waals surface area (Å²) in [7, 11) is 0. The van der Waals surface area contributed by atoms with E-state index in [0.717, 1.165) is 36.6 Å². The Labute approximate surface area is 169 Å². The van der Waals surface area contributed by atoms with Crippen LogP contribution >= 0.6 is 11.3 Å². The molecule has 0 bridgehead atoms. The number of aromatic nitrogens is 3. The monoisotopic (exact) mass is 397 g/mol. The summed E-state index contributed by atoms with van der Waals surface area (Å²) in [5.41, 5.74) is 2.35. The Balaban J connectivity index is 1.46. The zero-order chi connectivity index (χ0) is 19.5. The summed E-state index contributed by atoms with van der Waals surface area (Å²) in [5, 5.41) is 13.6. The fourth-order valence-electron chi connectivity index (χ4n) is 3.87. The molecule has 7 heteroatoms. The zero-order valence-electron chi connectivity index (χ0n) is 16.5. The fourth-order valence-corrected chi connectivity index (χ4v) is 4.73.